The van der Waals surface area contributed by atoms with Crippen LogP contribution in [0, 0.1) is 11.3 Å². The zero-order valence-corrected chi connectivity index (χ0v) is 13.5. The van der Waals surface area contributed by atoms with Crippen LogP contribution >= 0.6 is 0 Å². The van der Waals surface area contributed by atoms with E-state index < -0.39 is 0 Å². The van der Waals surface area contributed by atoms with E-state index in [-0.39, 0.29) is 0 Å². The number of piperidine rings is 1. The van der Waals surface area contributed by atoms with Crippen LogP contribution in [-0.4, -0.2) is 36.6 Å². The highest BCUT2D eigenvalue weighted by atomic mass is 15.2. The summed E-state index contributed by atoms with van der Waals surface area (Å²) in [5, 5.41) is 3.67. The van der Waals surface area contributed by atoms with Crippen molar-refractivity contribution in [2.24, 2.45) is 11.3 Å². The van der Waals surface area contributed by atoms with E-state index in [1.165, 1.54) is 51.6 Å². The number of nitrogens with zero attached hydrogens (tertiary/aromatic N) is 1. The van der Waals surface area contributed by atoms with Gasteiger partial charge in [0.05, 0.1) is 0 Å². The molecule has 3 unspecified atom stereocenters. The summed E-state index contributed by atoms with van der Waals surface area (Å²) in [4.78, 5) is 2.78. The van der Waals surface area contributed by atoms with Gasteiger partial charge in [-0.05, 0) is 50.6 Å². The zero-order valence-electron chi connectivity index (χ0n) is 13.5. The number of nitrogens with one attached hydrogen (secondary N) is 1. The smallest absolute Gasteiger partial charge is 0.0120 e. The molecule has 1 aliphatic carbocycles. The SMILES string of the molecule is CCNC1CCN(CC2(C)CCCCC2)C(C)C1C. The molecule has 2 aliphatic rings. The van der Waals surface area contributed by atoms with Gasteiger partial charge in [-0.3, -0.25) is 4.90 Å². The Morgan fingerprint density at radius 3 is 2.47 bits per heavy atom. The molecule has 19 heavy (non-hydrogen) atoms. The molecule has 0 spiro atoms. The second-order valence-electron chi connectivity index (χ2n) is 7.39. The summed E-state index contributed by atoms with van der Waals surface area (Å²) < 4.78 is 0. The molecule has 1 heterocycles. The Balaban J connectivity index is 1.91. The standard InChI is InChI=1S/C17H34N2/c1-5-18-16-9-12-19(15(3)14(16)2)13-17(4)10-7-6-8-11-17/h14-16,18H,5-13H2,1-4H3. The Morgan fingerprint density at radius 1 is 1.16 bits per heavy atom. The van der Waals surface area contributed by atoms with Crippen LogP contribution in [0.25, 0.3) is 0 Å². The lowest BCUT2D eigenvalue weighted by Crippen LogP contribution is -2.55. The van der Waals surface area contributed by atoms with Crippen LogP contribution in [0.5, 0.6) is 0 Å². The van der Waals surface area contributed by atoms with Crippen molar-refractivity contribution in [1.82, 2.24) is 10.2 Å². The largest absolute Gasteiger partial charge is 0.314 e. The molecule has 2 fully saturated rings. The van der Waals surface area contributed by atoms with E-state index in [1.54, 1.807) is 0 Å². The highest BCUT2D eigenvalue weighted by Gasteiger charge is 2.36. The van der Waals surface area contributed by atoms with Gasteiger partial charge in [0.1, 0.15) is 0 Å². The highest BCUT2D eigenvalue weighted by molar-refractivity contribution is 4.91. The minimum Gasteiger partial charge on any atom is -0.314 e. The van der Waals surface area contributed by atoms with Gasteiger partial charge in [0.25, 0.3) is 0 Å². The molecule has 2 rings (SSSR count). The summed E-state index contributed by atoms with van der Waals surface area (Å²) in [6, 6.07) is 1.46. The van der Waals surface area contributed by atoms with Crippen molar-refractivity contribution in [2.45, 2.75) is 78.3 Å². The summed E-state index contributed by atoms with van der Waals surface area (Å²) in [6.07, 6.45) is 8.59. The van der Waals surface area contributed by atoms with Crippen molar-refractivity contribution >= 4 is 0 Å². The molecule has 0 radical (unpaired) electrons. The van der Waals surface area contributed by atoms with Crippen LogP contribution in [0.15, 0.2) is 0 Å². The van der Waals surface area contributed by atoms with Crippen LogP contribution in [0.2, 0.25) is 0 Å². The first kappa shape index (κ1) is 15.3. The van der Waals surface area contributed by atoms with Crippen molar-refractivity contribution in [1.29, 1.82) is 0 Å². The molecule has 1 N–H and O–H groups in total. The Bertz CT molecular complexity index is 270. The maximum absolute atomic E-state index is 3.67. The molecule has 0 aromatic rings. The van der Waals surface area contributed by atoms with Crippen molar-refractivity contribution in [3.05, 3.63) is 0 Å². The minimum absolute atomic E-state index is 0.594. The van der Waals surface area contributed by atoms with E-state index in [0.717, 1.165) is 24.5 Å². The third-order valence-corrected chi connectivity index (χ3v) is 5.81. The van der Waals surface area contributed by atoms with Gasteiger partial charge in [-0.15, -0.1) is 0 Å². The van der Waals surface area contributed by atoms with Gasteiger partial charge in [-0.1, -0.05) is 40.0 Å². The van der Waals surface area contributed by atoms with Crippen molar-refractivity contribution in [3.8, 4) is 0 Å². The topological polar surface area (TPSA) is 15.3 Å². The Hall–Kier alpha value is -0.0800. The molecule has 1 saturated carbocycles. The normalized spacial score (nSPS) is 36.3. The third kappa shape index (κ3) is 3.72. The van der Waals surface area contributed by atoms with Crippen LogP contribution in [-0.2, 0) is 0 Å². The molecular weight excluding hydrogens is 232 g/mol. The number of hydrogen-bond donors (Lipinski definition) is 1. The number of likely N-dealkylation sites (tertiary alicyclic amines) is 1. The summed E-state index contributed by atoms with van der Waals surface area (Å²) in [5.41, 5.74) is 0.594. The van der Waals surface area contributed by atoms with E-state index in [0.29, 0.717) is 5.41 Å². The molecule has 1 aliphatic heterocycles. The molecule has 3 atom stereocenters. The van der Waals surface area contributed by atoms with Crippen LogP contribution in [0.4, 0.5) is 0 Å². The number of hydrogen-bond acceptors (Lipinski definition) is 2. The fourth-order valence-electron chi connectivity index (χ4n) is 4.27. The minimum atomic E-state index is 0.594. The van der Waals surface area contributed by atoms with Crippen molar-refractivity contribution in [3.63, 3.8) is 0 Å². The number of rotatable bonds is 4. The molecule has 0 aromatic heterocycles. The van der Waals surface area contributed by atoms with Gasteiger partial charge in [0, 0.05) is 18.6 Å². The first-order valence-electron chi connectivity index (χ1n) is 8.53. The van der Waals surface area contributed by atoms with Gasteiger partial charge >= 0.3 is 0 Å². The average molecular weight is 266 g/mol. The quantitative estimate of drug-likeness (QED) is 0.835. The van der Waals surface area contributed by atoms with Gasteiger partial charge in [-0.2, -0.15) is 0 Å². The Morgan fingerprint density at radius 2 is 1.84 bits per heavy atom. The molecule has 1 saturated heterocycles. The molecular formula is C17H34N2. The first-order chi connectivity index (χ1) is 9.06. The summed E-state index contributed by atoms with van der Waals surface area (Å²) in [6.45, 7) is 13.4. The zero-order chi connectivity index (χ0) is 13.9. The average Bonchev–Trinajstić information content (AvgIpc) is 2.39. The Kier molecular flexibility index (Phi) is 5.30. The Labute approximate surface area is 120 Å². The third-order valence-electron chi connectivity index (χ3n) is 5.81. The molecule has 0 aromatic carbocycles. The van der Waals surface area contributed by atoms with Gasteiger partial charge < -0.3 is 5.32 Å². The summed E-state index contributed by atoms with van der Waals surface area (Å²) in [5.74, 6) is 0.779. The molecule has 2 heteroatoms. The van der Waals surface area contributed by atoms with Crippen molar-refractivity contribution < 1.29 is 0 Å². The maximum atomic E-state index is 3.67. The van der Waals surface area contributed by atoms with Crippen molar-refractivity contribution in [2.75, 3.05) is 19.6 Å². The fourth-order valence-corrected chi connectivity index (χ4v) is 4.27. The van der Waals surface area contributed by atoms with Crippen LogP contribution in [0.1, 0.15) is 66.2 Å². The predicted molar refractivity (Wildman–Crippen MR) is 83.5 cm³/mol. The molecule has 2 nitrogen and oxygen atoms in total. The second-order valence-corrected chi connectivity index (χ2v) is 7.39. The first-order valence-corrected chi connectivity index (χ1v) is 8.53. The van der Waals surface area contributed by atoms with E-state index in [1.807, 2.05) is 0 Å². The lowest BCUT2D eigenvalue weighted by molar-refractivity contribution is 0.0338. The van der Waals surface area contributed by atoms with Crippen LogP contribution < -0.4 is 5.32 Å². The lowest BCUT2D eigenvalue weighted by atomic mass is 9.74. The van der Waals surface area contributed by atoms with Gasteiger partial charge in [0.15, 0.2) is 0 Å². The van der Waals surface area contributed by atoms with E-state index >= 15 is 0 Å². The van der Waals surface area contributed by atoms with Gasteiger partial charge in [0.2, 0.25) is 0 Å². The van der Waals surface area contributed by atoms with E-state index in [4.69, 9.17) is 0 Å². The van der Waals surface area contributed by atoms with Gasteiger partial charge in [-0.25, -0.2) is 0 Å². The maximum Gasteiger partial charge on any atom is 0.0120 e. The second kappa shape index (κ2) is 6.58. The molecule has 112 valence electrons. The predicted octanol–water partition coefficient (Wildman–Crippen LogP) is 3.67. The highest BCUT2D eigenvalue weighted by Crippen LogP contribution is 2.38. The van der Waals surface area contributed by atoms with E-state index in [2.05, 4.69) is 37.9 Å². The molecule has 0 amide bonds. The summed E-state index contributed by atoms with van der Waals surface area (Å²) in [7, 11) is 0. The summed E-state index contributed by atoms with van der Waals surface area (Å²) >= 11 is 0. The van der Waals surface area contributed by atoms with Crippen LogP contribution in [0.3, 0.4) is 0 Å². The van der Waals surface area contributed by atoms with E-state index in [9.17, 15) is 0 Å². The fraction of sp³-hybridized carbons (Fsp3) is 1.00. The monoisotopic (exact) mass is 266 g/mol. The molecule has 0 bridgehead atoms. The lowest BCUT2D eigenvalue weighted by Gasteiger charge is -2.47.